The second kappa shape index (κ2) is 4.16. The summed E-state index contributed by atoms with van der Waals surface area (Å²) in [7, 11) is 2.07. The van der Waals surface area contributed by atoms with E-state index in [0.717, 1.165) is 13.0 Å². The van der Waals surface area contributed by atoms with Gasteiger partial charge in [0.2, 0.25) is 0 Å². The first kappa shape index (κ1) is 11.0. The zero-order valence-corrected chi connectivity index (χ0v) is 9.99. The van der Waals surface area contributed by atoms with Crippen molar-refractivity contribution in [3.8, 4) is 0 Å². The highest BCUT2D eigenvalue weighted by Gasteiger charge is 2.18. The molecule has 1 heterocycles. The molecule has 0 aromatic heterocycles. The van der Waals surface area contributed by atoms with Crippen LogP contribution in [0.25, 0.3) is 0 Å². The van der Waals surface area contributed by atoms with Crippen LogP contribution in [0.3, 0.4) is 0 Å². The van der Waals surface area contributed by atoms with Crippen molar-refractivity contribution < 1.29 is 9.53 Å². The van der Waals surface area contributed by atoms with Crippen molar-refractivity contribution in [2.45, 2.75) is 26.4 Å². The van der Waals surface area contributed by atoms with Gasteiger partial charge in [0.1, 0.15) is 0 Å². The molecule has 0 saturated carbocycles. The Hall–Kier alpha value is -1.51. The maximum absolute atomic E-state index is 11.7. The average molecular weight is 219 g/mol. The van der Waals surface area contributed by atoms with Crippen LogP contribution in [0, 0.1) is 0 Å². The summed E-state index contributed by atoms with van der Waals surface area (Å²) in [6.07, 6.45) is 0.942. The third-order valence-corrected chi connectivity index (χ3v) is 2.79. The fourth-order valence-electron chi connectivity index (χ4n) is 1.98. The van der Waals surface area contributed by atoms with Gasteiger partial charge in [-0.3, -0.25) is 0 Å². The zero-order valence-electron chi connectivity index (χ0n) is 9.99. The summed E-state index contributed by atoms with van der Waals surface area (Å²) in [6.45, 7) is 4.75. The molecule has 3 heteroatoms. The molecule has 16 heavy (non-hydrogen) atoms. The number of hydrogen-bond donors (Lipinski definition) is 0. The van der Waals surface area contributed by atoms with Crippen LogP contribution in [0.5, 0.6) is 0 Å². The number of ether oxygens (including phenoxy) is 1. The van der Waals surface area contributed by atoms with Crippen molar-refractivity contribution in [2.75, 3.05) is 18.5 Å². The minimum absolute atomic E-state index is 0.0663. The van der Waals surface area contributed by atoms with Gasteiger partial charge in [-0.25, -0.2) is 4.79 Å². The summed E-state index contributed by atoms with van der Waals surface area (Å²) in [5, 5.41) is 0. The van der Waals surface area contributed by atoms with E-state index >= 15 is 0 Å². The van der Waals surface area contributed by atoms with Gasteiger partial charge in [0.05, 0.1) is 11.7 Å². The molecule has 0 bridgehead atoms. The topological polar surface area (TPSA) is 29.5 Å². The van der Waals surface area contributed by atoms with E-state index in [0.29, 0.717) is 5.56 Å². The lowest BCUT2D eigenvalue weighted by molar-refractivity contribution is 0.0378. The molecule has 0 unspecified atom stereocenters. The Morgan fingerprint density at radius 3 is 2.88 bits per heavy atom. The molecule has 0 spiro atoms. The van der Waals surface area contributed by atoms with Gasteiger partial charge in [-0.1, -0.05) is 0 Å². The van der Waals surface area contributed by atoms with Crippen LogP contribution in [0.4, 0.5) is 5.69 Å². The van der Waals surface area contributed by atoms with Gasteiger partial charge in [-0.2, -0.15) is 0 Å². The van der Waals surface area contributed by atoms with Gasteiger partial charge >= 0.3 is 5.97 Å². The molecule has 0 saturated heterocycles. The van der Waals surface area contributed by atoms with E-state index in [1.807, 2.05) is 32.0 Å². The number of hydrogen-bond acceptors (Lipinski definition) is 3. The van der Waals surface area contributed by atoms with E-state index in [1.165, 1.54) is 11.3 Å². The lowest BCUT2D eigenvalue weighted by Gasteiger charge is -2.12. The Balaban J connectivity index is 2.22. The minimum atomic E-state index is -0.229. The summed E-state index contributed by atoms with van der Waals surface area (Å²) in [5.74, 6) is -0.229. The Morgan fingerprint density at radius 2 is 2.19 bits per heavy atom. The predicted molar refractivity (Wildman–Crippen MR) is 64.0 cm³/mol. The Kier molecular flexibility index (Phi) is 2.86. The largest absolute Gasteiger partial charge is 0.459 e. The molecule has 1 aliphatic rings. The number of anilines is 1. The standard InChI is InChI=1S/C13H17NO2/c1-9(2)16-13(15)11-4-5-12-10(8-11)6-7-14(12)3/h4-5,8-9H,6-7H2,1-3H3. The van der Waals surface area contributed by atoms with Crippen molar-refractivity contribution in [3.05, 3.63) is 29.3 Å². The smallest absolute Gasteiger partial charge is 0.338 e. The quantitative estimate of drug-likeness (QED) is 0.714. The molecule has 0 radical (unpaired) electrons. The summed E-state index contributed by atoms with van der Waals surface area (Å²) in [5.41, 5.74) is 3.12. The third kappa shape index (κ3) is 2.03. The number of fused-ring (bicyclic) bond motifs is 1. The monoisotopic (exact) mass is 219 g/mol. The van der Waals surface area contributed by atoms with Crippen LogP contribution < -0.4 is 4.90 Å². The van der Waals surface area contributed by atoms with Gasteiger partial charge in [0.25, 0.3) is 0 Å². The fraction of sp³-hybridized carbons (Fsp3) is 0.462. The van der Waals surface area contributed by atoms with Crippen molar-refractivity contribution in [1.82, 2.24) is 0 Å². The van der Waals surface area contributed by atoms with Crippen LogP contribution >= 0.6 is 0 Å². The van der Waals surface area contributed by atoms with Crippen LogP contribution in [-0.2, 0) is 11.2 Å². The number of nitrogens with zero attached hydrogens (tertiary/aromatic N) is 1. The Labute approximate surface area is 96.0 Å². The maximum Gasteiger partial charge on any atom is 0.338 e. The van der Waals surface area contributed by atoms with E-state index < -0.39 is 0 Å². The van der Waals surface area contributed by atoms with E-state index in [2.05, 4.69) is 11.9 Å². The fourth-order valence-corrected chi connectivity index (χ4v) is 1.98. The second-order valence-corrected chi connectivity index (χ2v) is 4.47. The number of esters is 1. The molecule has 0 aliphatic carbocycles. The highest BCUT2D eigenvalue weighted by molar-refractivity contribution is 5.90. The van der Waals surface area contributed by atoms with Gasteiger partial charge in [-0.05, 0) is 44.0 Å². The number of rotatable bonds is 2. The highest BCUT2D eigenvalue weighted by atomic mass is 16.5. The first-order valence-corrected chi connectivity index (χ1v) is 5.63. The van der Waals surface area contributed by atoms with Gasteiger partial charge in [-0.15, -0.1) is 0 Å². The molecular weight excluding hydrogens is 202 g/mol. The molecule has 2 rings (SSSR count). The number of carbonyl (C=O) groups excluding carboxylic acids is 1. The first-order valence-electron chi connectivity index (χ1n) is 5.63. The van der Waals surface area contributed by atoms with Gasteiger partial charge in [0, 0.05) is 19.3 Å². The van der Waals surface area contributed by atoms with E-state index in [9.17, 15) is 4.79 Å². The molecule has 1 aliphatic heterocycles. The number of carbonyl (C=O) groups is 1. The Bertz CT molecular complexity index is 412. The lowest BCUT2D eigenvalue weighted by atomic mass is 10.1. The lowest BCUT2D eigenvalue weighted by Crippen LogP contribution is -2.13. The number of benzene rings is 1. The van der Waals surface area contributed by atoms with Crippen molar-refractivity contribution in [3.63, 3.8) is 0 Å². The molecule has 0 amide bonds. The SMILES string of the molecule is CC(C)OC(=O)c1ccc2c(c1)CCN2C. The Morgan fingerprint density at radius 1 is 1.44 bits per heavy atom. The first-order chi connectivity index (χ1) is 7.58. The molecule has 3 nitrogen and oxygen atoms in total. The summed E-state index contributed by atoms with van der Waals surface area (Å²) >= 11 is 0. The van der Waals surface area contributed by atoms with Gasteiger partial charge in [0.15, 0.2) is 0 Å². The van der Waals surface area contributed by atoms with Crippen molar-refractivity contribution >= 4 is 11.7 Å². The van der Waals surface area contributed by atoms with Crippen LogP contribution in [-0.4, -0.2) is 25.7 Å². The summed E-state index contributed by atoms with van der Waals surface area (Å²) < 4.78 is 5.17. The van der Waals surface area contributed by atoms with Crippen molar-refractivity contribution in [1.29, 1.82) is 0 Å². The normalized spacial score (nSPS) is 14.1. The molecular formula is C13H17NO2. The van der Waals surface area contributed by atoms with Crippen LogP contribution in [0.15, 0.2) is 18.2 Å². The molecule has 1 aromatic carbocycles. The molecule has 0 N–H and O–H groups in total. The minimum Gasteiger partial charge on any atom is -0.459 e. The van der Waals surface area contributed by atoms with E-state index in [4.69, 9.17) is 4.74 Å². The number of likely N-dealkylation sites (N-methyl/N-ethyl adjacent to an activating group) is 1. The molecule has 0 fully saturated rings. The molecule has 1 aromatic rings. The molecule has 0 atom stereocenters. The summed E-state index contributed by atoms with van der Waals surface area (Å²) in [4.78, 5) is 13.9. The second-order valence-electron chi connectivity index (χ2n) is 4.47. The van der Waals surface area contributed by atoms with Crippen molar-refractivity contribution in [2.24, 2.45) is 0 Å². The van der Waals surface area contributed by atoms with E-state index in [1.54, 1.807) is 0 Å². The summed E-state index contributed by atoms with van der Waals surface area (Å²) in [6, 6.07) is 5.79. The molecule has 86 valence electrons. The zero-order chi connectivity index (χ0) is 11.7. The van der Waals surface area contributed by atoms with E-state index in [-0.39, 0.29) is 12.1 Å². The maximum atomic E-state index is 11.7. The predicted octanol–water partition coefficient (Wildman–Crippen LogP) is 2.24. The highest BCUT2D eigenvalue weighted by Crippen LogP contribution is 2.27. The average Bonchev–Trinajstić information content (AvgIpc) is 2.59. The van der Waals surface area contributed by atoms with Crippen LogP contribution in [0.2, 0.25) is 0 Å². The van der Waals surface area contributed by atoms with Crippen LogP contribution in [0.1, 0.15) is 29.8 Å². The van der Waals surface area contributed by atoms with Gasteiger partial charge < -0.3 is 9.64 Å². The third-order valence-electron chi connectivity index (χ3n) is 2.79.